The third kappa shape index (κ3) is 5.09. The van der Waals surface area contributed by atoms with Crippen LogP contribution in [0.25, 0.3) is 23.2 Å². The second kappa shape index (κ2) is 9.95. The van der Waals surface area contributed by atoms with Gasteiger partial charge in [-0.3, -0.25) is 15.1 Å². The van der Waals surface area contributed by atoms with Gasteiger partial charge in [0.05, 0.1) is 30.4 Å². The van der Waals surface area contributed by atoms with Crippen molar-refractivity contribution in [1.82, 2.24) is 15.0 Å². The first-order valence-electron chi connectivity index (χ1n) is 10.5. The van der Waals surface area contributed by atoms with Gasteiger partial charge in [-0.25, -0.2) is 9.97 Å². The van der Waals surface area contributed by atoms with Gasteiger partial charge in [0.2, 0.25) is 0 Å². The minimum Gasteiger partial charge on any atom is -0.477 e. The molecule has 4 rings (SSSR count). The fourth-order valence-electron chi connectivity index (χ4n) is 3.48. The van der Waals surface area contributed by atoms with Crippen molar-refractivity contribution in [3.8, 4) is 11.8 Å². The molecule has 0 aliphatic rings. The quantitative estimate of drug-likeness (QED) is 0.289. The van der Waals surface area contributed by atoms with Crippen molar-refractivity contribution in [1.29, 1.82) is 0 Å². The number of nitro groups is 1. The van der Waals surface area contributed by atoms with Crippen molar-refractivity contribution in [3.63, 3.8) is 0 Å². The molecule has 1 N–H and O–H groups in total. The zero-order valence-electron chi connectivity index (χ0n) is 19.0. The molecule has 0 aliphatic heterocycles. The van der Waals surface area contributed by atoms with Gasteiger partial charge in [0.1, 0.15) is 5.52 Å². The highest BCUT2D eigenvalue weighted by molar-refractivity contribution is 5.82. The van der Waals surface area contributed by atoms with E-state index in [1.807, 2.05) is 61.5 Å². The van der Waals surface area contributed by atoms with Crippen LogP contribution in [0.3, 0.4) is 0 Å². The average molecular weight is 457 g/mol. The topological polar surface area (TPSA) is 112 Å². The van der Waals surface area contributed by atoms with E-state index in [0.29, 0.717) is 23.1 Å². The summed E-state index contributed by atoms with van der Waals surface area (Å²) in [5.74, 6) is 0.374. The first-order chi connectivity index (χ1) is 16.5. The third-order valence-electron chi connectivity index (χ3n) is 5.10. The van der Waals surface area contributed by atoms with E-state index < -0.39 is 4.92 Å². The van der Waals surface area contributed by atoms with Crippen molar-refractivity contribution in [3.05, 3.63) is 87.2 Å². The second-order valence-corrected chi connectivity index (χ2v) is 7.49. The fraction of sp³-hybridized carbons (Fsp3) is 0.160. The van der Waals surface area contributed by atoms with Crippen molar-refractivity contribution in [2.24, 2.45) is 0 Å². The Morgan fingerprint density at radius 3 is 2.47 bits per heavy atom. The molecular weight excluding hydrogens is 434 g/mol. The Balaban J connectivity index is 1.61. The number of aromatic nitrogens is 3. The Hall–Kier alpha value is -4.53. The standard InChI is InChI=1S/C25H23N5O4/c1-16-6-4-8-19(27-16)11-10-17-7-5-9-20(12-17)26-15-18-13-21(30(31)32)14-22-23(18)29-25(34-3)24(28-22)33-2/h4-14,26H,15H2,1-3H3/b11-10+. The largest absolute Gasteiger partial charge is 0.477 e. The summed E-state index contributed by atoms with van der Waals surface area (Å²) in [4.78, 5) is 24.3. The number of benzene rings is 2. The number of ether oxygens (including phenoxy) is 2. The van der Waals surface area contributed by atoms with Crippen molar-refractivity contribution in [2.45, 2.75) is 13.5 Å². The number of nitrogens with zero attached hydrogens (tertiary/aromatic N) is 4. The molecule has 0 atom stereocenters. The van der Waals surface area contributed by atoms with E-state index >= 15 is 0 Å². The lowest BCUT2D eigenvalue weighted by Crippen LogP contribution is -2.05. The predicted molar refractivity (Wildman–Crippen MR) is 131 cm³/mol. The zero-order chi connectivity index (χ0) is 24.1. The normalized spacial score (nSPS) is 11.0. The number of aryl methyl sites for hydroxylation is 1. The van der Waals surface area contributed by atoms with Gasteiger partial charge in [-0.15, -0.1) is 0 Å². The molecule has 0 saturated carbocycles. The third-order valence-corrected chi connectivity index (χ3v) is 5.10. The molecule has 0 fully saturated rings. The number of fused-ring (bicyclic) bond motifs is 1. The molecule has 0 saturated heterocycles. The number of anilines is 1. The molecule has 0 unspecified atom stereocenters. The molecule has 0 amide bonds. The first kappa shape index (κ1) is 22.7. The number of nitrogens with one attached hydrogen (secondary N) is 1. The highest BCUT2D eigenvalue weighted by Gasteiger charge is 2.18. The van der Waals surface area contributed by atoms with Gasteiger partial charge in [-0.05, 0) is 42.8 Å². The average Bonchev–Trinajstić information content (AvgIpc) is 2.85. The molecule has 172 valence electrons. The van der Waals surface area contributed by atoms with Gasteiger partial charge in [-0.2, -0.15) is 0 Å². The monoisotopic (exact) mass is 457 g/mol. The van der Waals surface area contributed by atoms with Crippen LogP contribution in [-0.2, 0) is 6.54 Å². The maximum absolute atomic E-state index is 11.5. The second-order valence-electron chi connectivity index (χ2n) is 7.49. The van der Waals surface area contributed by atoms with Crippen LogP contribution in [0.2, 0.25) is 0 Å². The summed E-state index contributed by atoms with van der Waals surface area (Å²) in [6.45, 7) is 2.25. The Morgan fingerprint density at radius 1 is 0.971 bits per heavy atom. The summed E-state index contributed by atoms with van der Waals surface area (Å²) in [6.07, 6.45) is 3.94. The highest BCUT2D eigenvalue weighted by atomic mass is 16.6. The van der Waals surface area contributed by atoms with E-state index in [2.05, 4.69) is 20.3 Å². The van der Waals surface area contributed by atoms with Crippen LogP contribution in [0.1, 0.15) is 22.5 Å². The van der Waals surface area contributed by atoms with Crippen LogP contribution in [0.15, 0.2) is 54.6 Å². The van der Waals surface area contributed by atoms with Gasteiger partial charge in [-0.1, -0.05) is 24.3 Å². The fourth-order valence-corrected chi connectivity index (χ4v) is 3.48. The molecule has 0 aliphatic carbocycles. The lowest BCUT2D eigenvalue weighted by molar-refractivity contribution is -0.384. The Bertz CT molecular complexity index is 1390. The van der Waals surface area contributed by atoms with Gasteiger partial charge in [0, 0.05) is 35.6 Å². The maximum Gasteiger partial charge on any atom is 0.278 e. The van der Waals surface area contributed by atoms with Crippen molar-refractivity contribution >= 4 is 34.6 Å². The SMILES string of the molecule is COc1nc2cc([N+](=O)[O-])cc(CNc3cccc(/C=C/c4cccc(C)n4)c3)c2nc1OC. The Morgan fingerprint density at radius 2 is 1.74 bits per heavy atom. The summed E-state index contributed by atoms with van der Waals surface area (Å²) >= 11 is 0. The summed E-state index contributed by atoms with van der Waals surface area (Å²) in [5.41, 5.74) is 5.07. The smallest absolute Gasteiger partial charge is 0.278 e. The van der Waals surface area contributed by atoms with Gasteiger partial charge >= 0.3 is 0 Å². The molecule has 2 aromatic heterocycles. The van der Waals surface area contributed by atoms with Crippen LogP contribution < -0.4 is 14.8 Å². The minimum atomic E-state index is -0.452. The van der Waals surface area contributed by atoms with Crippen molar-refractivity contribution in [2.75, 3.05) is 19.5 Å². The van der Waals surface area contributed by atoms with E-state index in [1.165, 1.54) is 26.4 Å². The molecule has 0 spiro atoms. The van der Waals surface area contributed by atoms with Crippen LogP contribution in [0.4, 0.5) is 11.4 Å². The Kier molecular flexibility index (Phi) is 6.63. The molecule has 0 bridgehead atoms. The lowest BCUT2D eigenvalue weighted by atomic mass is 10.1. The molecule has 9 heteroatoms. The predicted octanol–water partition coefficient (Wildman–Crippen LogP) is 5.04. The van der Waals surface area contributed by atoms with Crippen molar-refractivity contribution < 1.29 is 14.4 Å². The van der Waals surface area contributed by atoms with Gasteiger partial charge < -0.3 is 14.8 Å². The molecule has 2 heterocycles. The number of nitro benzene ring substituents is 1. The first-order valence-corrected chi connectivity index (χ1v) is 10.5. The molecule has 4 aromatic rings. The number of rotatable bonds is 8. The van der Waals surface area contributed by atoms with Crippen LogP contribution >= 0.6 is 0 Å². The summed E-state index contributed by atoms with van der Waals surface area (Å²) in [6, 6.07) is 16.6. The van der Waals surface area contributed by atoms with Crippen LogP contribution in [0.5, 0.6) is 11.8 Å². The number of non-ortho nitro benzene ring substituents is 1. The number of methoxy groups -OCH3 is 2. The molecule has 34 heavy (non-hydrogen) atoms. The van der Waals surface area contributed by atoms with E-state index in [1.54, 1.807) is 0 Å². The van der Waals surface area contributed by atoms with Gasteiger partial charge in [0.15, 0.2) is 0 Å². The van der Waals surface area contributed by atoms with E-state index in [4.69, 9.17) is 9.47 Å². The maximum atomic E-state index is 11.5. The highest BCUT2D eigenvalue weighted by Crippen LogP contribution is 2.30. The summed E-state index contributed by atoms with van der Waals surface area (Å²) in [7, 11) is 2.90. The van der Waals surface area contributed by atoms with Crippen LogP contribution in [0, 0.1) is 17.0 Å². The molecular formula is C25H23N5O4. The number of hydrogen-bond donors (Lipinski definition) is 1. The lowest BCUT2D eigenvalue weighted by Gasteiger charge is -2.12. The van der Waals surface area contributed by atoms with Crippen LogP contribution in [-0.4, -0.2) is 34.1 Å². The van der Waals surface area contributed by atoms with E-state index in [9.17, 15) is 10.1 Å². The molecule has 0 radical (unpaired) electrons. The molecule has 9 nitrogen and oxygen atoms in total. The molecule has 2 aromatic carbocycles. The zero-order valence-corrected chi connectivity index (χ0v) is 19.0. The van der Waals surface area contributed by atoms with E-state index in [0.717, 1.165) is 22.6 Å². The summed E-state index contributed by atoms with van der Waals surface area (Å²) < 4.78 is 10.5. The minimum absolute atomic E-state index is 0.0758. The summed E-state index contributed by atoms with van der Waals surface area (Å²) in [5, 5.41) is 14.8. The number of hydrogen-bond acceptors (Lipinski definition) is 8. The van der Waals surface area contributed by atoms with E-state index in [-0.39, 0.29) is 17.4 Å². The Labute approximate surface area is 196 Å². The number of pyridine rings is 1. The van der Waals surface area contributed by atoms with Gasteiger partial charge in [0.25, 0.3) is 17.4 Å².